The minimum Gasteiger partial charge on any atom is -0.409 e. The van der Waals surface area contributed by atoms with Gasteiger partial charge in [-0.15, -0.1) is 0 Å². The lowest BCUT2D eigenvalue weighted by molar-refractivity contribution is -0.138. The van der Waals surface area contributed by atoms with Crippen LogP contribution >= 0.6 is 0 Å². The average Bonchev–Trinajstić information content (AvgIpc) is 2.67. The van der Waals surface area contributed by atoms with Gasteiger partial charge in [-0.05, 0) is 41.5 Å². The molecule has 0 unspecified atom stereocenters. The molecule has 0 aromatic rings. The molecule has 19 heavy (non-hydrogen) atoms. The van der Waals surface area contributed by atoms with E-state index in [1.165, 1.54) is 0 Å². The van der Waals surface area contributed by atoms with Gasteiger partial charge in [0.1, 0.15) is 5.41 Å². The Labute approximate surface area is 111 Å². The first kappa shape index (κ1) is 13.7. The number of hydrogen-bond donors (Lipinski definition) is 0. The predicted molar refractivity (Wildman–Crippen MR) is 69.0 cm³/mol. The van der Waals surface area contributed by atoms with Crippen molar-refractivity contribution < 1.29 is 19.1 Å². The molecule has 2 aliphatic rings. The van der Waals surface area contributed by atoms with Crippen LogP contribution in [-0.2, 0) is 19.1 Å². The average molecular weight is 266 g/mol. The number of ether oxygens (including phenoxy) is 2. The van der Waals surface area contributed by atoms with E-state index >= 15 is 0 Å². The van der Waals surface area contributed by atoms with Gasteiger partial charge in [-0.25, -0.2) is 19.6 Å². The van der Waals surface area contributed by atoms with E-state index < -0.39 is 28.4 Å². The Morgan fingerprint density at radius 1 is 0.842 bits per heavy atom. The van der Waals surface area contributed by atoms with Crippen molar-refractivity contribution in [1.82, 2.24) is 0 Å². The van der Waals surface area contributed by atoms with Gasteiger partial charge in [0.05, 0.1) is 0 Å². The molecule has 0 bridgehead atoms. The van der Waals surface area contributed by atoms with E-state index in [0.29, 0.717) is 0 Å². The Morgan fingerprint density at radius 2 is 1.16 bits per heavy atom. The molecule has 2 rings (SSSR count). The molecule has 2 aliphatic heterocycles. The summed E-state index contributed by atoms with van der Waals surface area (Å²) in [7, 11) is 0. The Morgan fingerprint density at radius 3 is 1.37 bits per heavy atom. The maximum absolute atomic E-state index is 11.7. The molecule has 2 heterocycles. The Hall–Kier alpha value is -1.72. The Balaban J connectivity index is 2.36. The Bertz CT molecular complexity index is 481. The van der Waals surface area contributed by atoms with Gasteiger partial charge in [-0.3, -0.25) is 0 Å². The van der Waals surface area contributed by atoms with E-state index in [9.17, 15) is 9.59 Å². The zero-order valence-electron chi connectivity index (χ0n) is 12.0. The first-order valence-corrected chi connectivity index (χ1v) is 6.12. The molecule has 0 aliphatic carbocycles. The lowest BCUT2D eigenvalue weighted by Gasteiger charge is -2.21. The summed E-state index contributed by atoms with van der Waals surface area (Å²) in [5.74, 6) is -0.377. The van der Waals surface area contributed by atoms with Crippen LogP contribution < -0.4 is 0 Å². The van der Waals surface area contributed by atoms with Crippen molar-refractivity contribution in [3.8, 4) is 0 Å². The second kappa shape index (κ2) is 3.65. The fraction of sp³-hybridized carbons (Fsp3) is 0.692. The summed E-state index contributed by atoms with van der Waals surface area (Å²) in [5, 5.41) is 0. The molecule has 0 saturated carbocycles. The minimum absolute atomic E-state index is 0.228. The maximum Gasteiger partial charge on any atom is 0.340 e. The normalized spacial score (nSPS) is 24.7. The third-order valence-corrected chi connectivity index (χ3v) is 3.21. The summed E-state index contributed by atoms with van der Waals surface area (Å²) in [4.78, 5) is 31.9. The van der Waals surface area contributed by atoms with Crippen LogP contribution in [0.15, 0.2) is 9.98 Å². The summed E-state index contributed by atoms with van der Waals surface area (Å²) in [6.07, 6.45) is 0. The van der Waals surface area contributed by atoms with Crippen LogP contribution in [0.4, 0.5) is 0 Å². The molecule has 0 saturated heterocycles. The van der Waals surface area contributed by atoms with Crippen molar-refractivity contribution in [1.29, 1.82) is 0 Å². The number of aliphatic imine (C=N–C) groups is 2. The van der Waals surface area contributed by atoms with Crippen LogP contribution in [0.5, 0.6) is 0 Å². The van der Waals surface area contributed by atoms with Gasteiger partial charge in [-0.2, -0.15) is 0 Å². The molecule has 0 amide bonds. The monoisotopic (exact) mass is 266 g/mol. The predicted octanol–water partition coefficient (Wildman–Crippen LogP) is 1.48. The van der Waals surface area contributed by atoms with Crippen molar-refractivity contribution in [2.24, 2.45) is 15.4 Å². The minimum atomic E-state index is -0.911. The van der Waals surface area contributed by atoms with Crippen LogP contribution in [-0.4, -0.2) is 34.8 Å². The van der Waals surface area contributed by atoms with Gasteiger partial charge in [0.25, 0.3) is 0 Å². The second-order valence-electron chi connectivity index (χ2n) is 6.36. The van der Waals surface area contributed by atoms with E-state index in [0.717, 1.165) is 0 Å². The molecule has 0 N–H and O–H groups in total. The topological polar surface area (TPSA) is 77.3 Å². The lowest BCUT2D eigenvalue weighted by Crippen LogP contribution is -2.35. The zero-order chi connectivity index (χ0) is 14.6. The lowest BCUT2D eigenvalue weighted by atomic mass is 9.92. The molecule has 104 valence electrons. The van der Waals surface area contributed by atoms with E-state index in [2.05, 4.69) is 9.98 Å². The van der Waals surface area contributed by atoms with E-state index in [-0.39, 0.29) is 11.8 Å². The highest BCUT2D eigenvalue weighted by Crippen LogP contribution is 2.34. The standard InChI is InChI=1S/C13H18N2O4/c1-11(2,7-14-12(3,4)9(16)18-7)8-15-13(5,6)10(17)19-8/h1-6H3. The number of hydrogen-bond acceptors (Lipinski definition) is 6. The Kier molecular flexibility index (Phi) is 2.63. The number of carbonyl (C=O) groups is 2. The first-order chi connectivity index (χ1) is 8.47. The van der Waals surface area contributed by atoms with Crippen molar-refractivity contribution in [2.75, 3.05) is 0 Å². The van der Waals surface area contributed by atoms with Gasteiger partial charge < -0.3 is 9.47 Å². The number of rotatable bonds is 2. The van der Waals surface area contributed by atoms with Gasteiger partial charge >= 0.3 is 11.9 Å². The van der Waals surface area contributed by atoms with Gasteiger partial charge in [0.15, 0.2) is 11.1 Å². The highest BCUT2D eigenvalue weighted by molar-refractivity contribution is 6.15. The van der Waals surface area contributed by atoms with Crippen LogP contribution in [0.3, 0.4) is 0 Å². The third-order valence-electron chi connectivity index (χ3n) is 3.21. The van der Waals surface area contributed by atoms with Gasteiger partial charge in [-0.1, -0.05) is 0 Å². The molecule has 6 heteroatoms. The van der Waals surface area contributed by atoms with E-state index in [1.807, 2.05) is 0 Å². The fourth-order valence-electron chi connectivity index (χ4n) is 1.70. The molecule has 0 radical (unpaired) electrons. The van der Waals surface area contributed by atoms with E-state index in [1.54, 1.807) is 41.5 Å². The van der Waals surface area contributed by atoms with Crippen molar-refractivity contribution in [2.45, 2.75) is 52.6 Å². The SMILES string of the molecule is CC1(C)N=C(C(C)(C)C2=NC(C)(C)C(=O)O2)OC1=O. The molecule has 0 aromatic heterocycles. The first-order valence-electron chi connectivity index (χ1n) is 6.12. The summed E-state index contributed by atoms with van der Waals surface area (Å²) in [6, 6.07) is 0. The highest BCUT2D eigenvalue weighted by Gasteiger charge is 2.50. The van der Waals surface area contributed by atoms with Crippen LogP contribution in [0.1, 0.15) is 41.5 Å². The smallest absolute Gasteiger partial charge is 0.340 e. The molecule has 0 spiro atoms. The number of carbonyl (C=O) groups excluding carboxylic acids is 2. The molecule has 0 fully saturated rings. The largest absolute Gasteiger partial charge is 0.409 e. The highest BCUT2D eigenvalue weighted by atomic mass is 16.6. The van der Waals surface area contributed by atoms with Crippen molar-refractivity contribution in [3.05, 3.63) is 0 Å². The molecular weight excluding hydrogens is 248 g/mol. The van der Waals surface area contributed by atoms with Crippen LogP contribution in [0.2, 0.25) is 0 Å². The summed E-state index contributed by atoms with van der Waals surface area (Å²) in [6.45, 7) is 10.2. The number of nitrogens with zero attached hydrogens (tertiary/aromatic N) is 2. The summed E-state index contributed by atoms with van der Waals surface area (Å²) in [5.41, 5.74) is -2.68. The molecule has 6 nitrogen and oxygen atoms in total. The van der Waals surface area contributed by atoms with Crippen LogP contribution in [0, 0.1) is 5.41 Å². The quantitative estimate of drug-likeness (QED) is 0.709. The van der Waals surface area contributed by atoms with Gasteiger partial charge in [0.2, 0.25) is 11.8 Å². The third kappa shape index (κ3) is 2.05. The van der Waals surface area contributed by atoms with Crippen LogP contribution in [0.25, 0.3) is 0 Å². The van der Waals surface area contributed by atoms with Crippen molar-refractivity contribution in [3.63, 3.8) is 0 Å². The van der Waals surface area contributed by atoms with Crippen molar-refractivity contribution >= 4 is 23.7 Å². The molecule has 0 aromatic carbocycles. The molecular formula is C13H18N2O4. The number of cyclic esters (lactones) is 2. The maximum atomic E-state index is 11.7. The zero-order valence-corrected chi connectivity index (χ0v) is 12.0. The van der Waals surface area contributed by atoms with E-state index in [4.69, 9.17) is 9.47 Å². The molecule has 0 atom stereocenters. The summed E-state index contributed by atoms with van der Waals surface area (Å²) < 4.78 is 10.4. The second-order valence-corrected chi connectivity index (χ2v) is 6.36. The summed E-state index contributed by atoms with van der Waals surface area (Å²) >= 11 is 0. The number of esters is 2. The van der Waals surface area contributed by atoms with Gasteiger partial charge in [0, 0.05) is 0 Å². The fourth-order valence-corrected chi connectivity index (χ4v) is 1.70.